The monoisotopic (exact) mass is 375 g/mol. The first-order chi connectivity index (χ1) is 12.8. The van der Waals surface area contributed by atoms with Gasteiger partial charge in [0.25, 0.3) is 0 Å². The third-order valence-corrected chi connectivity index (χ3v) is 4.80. The highest BCUT2D eigenvalue weighted by molar-refractivity contribution is 5.93. The Balaban J connectivity index is 2.25. The summed E-state index contributed by atoms with van der Waals surface area (Å²) in [6.45, 7) is 10.9. The number of ether oxygens (including phenoxy) is 1. The van der Waals surface area contributed by atoms with Crippen molar-refractivity contribution in [1.82, 2.24) is 0 Å². The fourth-order valence-corrected chi connectivity index (χ4v) is 3.22. The van der Waals surface area contributed by atoms with Crippen molar-refractivity contribution >= 4 is 11.7 Å². The summed E-state index contributed by atoms with van der Waals surface area (Å²) in [5, 5.41) is 3.49. The fraction of sp³-hybridized carbons (Fsp3) is 0.708. The van der Waals surface area contributed by atoms with Gasteiger partial charge in [-0.25, -0.2) is 4.79 Å². The quantitative estimate of drug-likeness (QED) is 0.291. The molecular formula is C24H41NO2. The number of carbonyl (C=O) groups is 1. The molecule has 0 amide bonds. The summed E-state index contributed by atoms with van der Waals surface area (Å²) < 4.78 is 5.50. The van der Waals surface area contributed by atoms with Crippen molar-refractivity contribution in [2.45, 2.75) is 104 Å². The normalized spacial score (nSPS) is 11.4. The summed E-state index contributed by atoms with van der Waals surface area (Å²) in [6, 6.07) is 5.81. The molecule has 0 aliphatic rings. The van der Waals surface area contributed by atoms with Gasteiger partial charge in [-0.3, -0.25) is 0 Å². The Bertz CT molecular complexity index is 546. The predicted octanol–water partition coefficient (Wildman–Crippen LogP) is 7.28. The van der Waals surface area contributed by atoms with Gasteiger partial charge >= 0.3 is 5.97 Å². The first kappa shape index (κ1) is 23.5. The number of hydrogen-bond donors (Lipinski definition) is 1. The lowest BCUT2D eigenvalue weighted by molar-refractivity contribution is 0.00688. The summed E-state index contributed by atoms with van der Waals surface area (Å²) >= 11 is 0. The lowest BCUT2D eigenvalue weighted by Crippen LogP contribution is -2.24. The highest BCUT2D eigenvalue weighted by atomic mass is 16.6. The molecule has 0 aliphatic heterocycles. The Labute approximate surface area is 167 Å². The van der Waals surface area contributed by atoms with E-state index in [1.165, 1.54) is 64.2 Å². The van der Waals surface area contributed by atoms with Crippen LogP contribution in [0.15, 0.2) is 18.2 Å². The topological polar surface area (TPSA) is 38.3 Å². The van der Waals surface area contributed by atoms with Crippen LogP contribution >= 0.6 is 0 Å². The van der Waals surface area contributed by atoms with E-state index in [1.807, 2.05) is 45.9 Å². The molecule has 0 aliphatic carbocycles. The molecule has 1 N–H and O–H groups in total. The van der Waals surface area contributed by atoms with Crippen molar-refractivity contribution in [3.63, 3.8) is 0 Å². The Morgan fingerprint density at radius 3 is 2.04 bits per heavy atom. The van der Waals surface area contributed by atoms with Crippen LogP contribution in [0.3, 0.4) is 0 Å². The minimum Gasteiger partial charge on any atom is -0.456 e. The highest BCUT2D eigenvalue weighted by Gasteiger charge is 2.20. The van der Waals surface area contributed by atoms with Crippen LogP contribution in [-0.2, 0) is 4.74 Å². The zero-order valence-corrected chi connectivity index (χ0v) is 18.3. The van der Waals surface area contributed by atoms with Gasteiger partial charge in [-0.05, 0) is 51.8 Å². The van der Waals surface area contributed by atoms with Crippen molar-refractivity contribution in [2.75, 3.05) is 11.9 Å². The second kappa shape index (κ2) is 12.8. The Hall–Kier alpha value is -1.51. The number of benzene rings is 1. The molecule has 3 nitrogen and oxygen atoms in total. The van der Waals surface area contributed by atoms with Crippen LogP contribution < -0.4 is 5.32 Å². The zero-order valence-electron chi connectivity index (χ0n) is 18.3. The van der Waals surface area contributed by atoms with Crippen LogP contribution in [0.1, 0.15) is 108 Å². The van der Waals surface area contributed by atoms with Crippen LogP contribution in [0.2, 0.25) is 0 Å². The minimum absolute atomic E-state index is 0.248. The van der Waals surface area contributed by atoms with E-state index >= 15 is 0 Å². The molecule has 0 bridgehead atoms. The number of unbranched alkanes of at least 4 members (excludes halogenated alkanes) is 9. The third-order valence-electron chi connectivity index (χ3n) is 4.80. The summed E-state index contributed by atoms with van der Waals surface area (Å²) in [6.07, 6.45) is 13.4. The van der Waals surface area contributed by atoms with Gasteiger partial charge in [0.15, 0.2) is 0 Å². The van der Waals surface area contributed by atoms with Gasteiger partial charge in [0.05, 0.1) is 5.56 Å². The second-order valence-electron chi connectivity index (χ2n) is 8.59. The Kier molecular flexibility index (Phi) is 11.2. The number of rotatable bonds is 13. The molecule has 0 atom stereocenters. The van der Waals surface area contributed by atoms with Gasteiger partial charge in [-0.1, -0.05) is 70.8 Å². The number of esters is 1. The van der Waals surface area contributed by atoms with Crippen molar-refractivity contribution < 1.29 is 9.53 Å². The van der Waals surface area contributed by atoms with Gasteiger partial charge in [0.2, 0.25) is 0 Å². The van der Waals surface area contributed by atoms with E-state index < -0.39 is 5.60 Å². The van der Waals surface area contributed by atoms with Crippen molar-refractivity contribution in [2.24, 2.45) is 0 Å². The molecular weight excluding hydrogens is 334 g/mol. The molecule has 0 saturated heterocycles. The number of nitrogens with one attached hydrogen (secondary N) is 1. The van der Waals surface area contributed by atoms with Gasteiger partial charge in [-0.2, -0.15) is 0 Å². The first-order valence-corrected chi connectivity index (χ1v) is 10.9. The molecule has 1 rings (SSSR count). The maximum Gasteiger partial charge on any atom is 0.338 e. The van der Waals surface area contributed by atoms with E-state index in [0.29, 0.717) is 5.56 Å². The van der Waals surface area contributed by atoms with Crippen LogP contribution in [0.25, 0.3) is 0 Å². The standard InChI is InChI=1S/C24H41NO2/c1-6-7-8-9-10-11-12-13-14-15-19-25-22-18-16-17-21(20(22)2)23(26)27-24(3,4)5/h16-18,25H,6-15,19H2,1-5H3. The van der Waals surface area contributed by atoms with E-state index in [4.69, 9.17) is 4.74 Å². The molecule has 3 heteroatoms. The zero-order chi connectivity index (χ0) is 20.1. The van der Waals surface area contributed by atoms with Crippen molar-refractivity contribution in [3.8, 4) is 0 Å². The molecule has 0 saturated carbocycles. The summed E-state index contributed by atoms with van der Waals surface area (Å²) in [4.78, 5) is 12.3. The molecule has 0 spiro atoms. The molecule has 27 heavy (non-hydrogen) atoms. The minimum atomic E-state index is -0.469. The maximum atomic E-state index is 12.3. The molecule has 0 heterocycles. The van der Waals surface area contributed by atoms with E-state index in [2.05, 4.69) is 12.2 Å². The summed E-state index contributed by atoms with van der Waals surface area (Å²) in [7, 11) is 0. The van der Waals surface area contributed by atoms with Gasteiger partial charge in [0.1, 0.15) is 5.60 Å². The Morgan fingerprint density at radius 1 is 0.926 bits per heavy atom. The van der Waals surface area contributed by atoms with Crippen LogP contribution in [0.4, 0.5) is 5.69 Å². The van der Waals surface area contributed by atoms with Crippen LogP contribution in [0.5, 0.6) is 0 Å². The lowest BCUT2D eigenvalue weighted by Gasteiger charge is -2.21. The third kappa shape index (κ3) is 10.4. The molecule has 154 valence electrons. The molecule has 1 aromatic carbocycles. The molecule has 0 fully saturated rings. The first-order valence-electron chi connectivity index (χ1n) is 10.9. The molecule has 1 aromatic rings. The highest BCUT2D eigenvalue weighted by Crippen LogP contribution is 2.22. The maximum absolute atomic E-state index is 12.3. The molecule has 0 unspecified atom stereocenters. The van der Waals surface area contributed by atoms with Crippen LogP contribution in [-0.4, -0.2) is 18.1 Å². The van der Waals surface area contributed by atoms with E-state index in [-0.39, 0.29) is 5.97 Å². The summed E-state index contributed by atoms with van der Waals surface area (Å²) in [5.41, 5.74) is 2.19. The average Bonchev–Trinajstić information content (AvgIpc) is 2.59. The Morgan fingerprint density at radius 2 is 1.48 bits per heavy atom. The van der Waals surface area contributed by atoms with E-state index in [9.17, 15) is 4.79 Å². The number of anilines is 1. The average molecular weight is 376 g/mol. The molecule has 0 aromatic heterocycles. The van der Waals surface area contributed by atoms with Gasteiger partial charge in [-0.15, -0.1) is 0 Å². The van der Waals surface area contributed by atoms with Gasteiger partial charge in [0, 0.05) is 12.2 Å². The molecule has 0 radical (unpaired) electrons. The summed E-state index contributed by atoms with van der Waals surface area (Å²) in [5.74, 6) is -0.248. The smallest absolute Gasteiger partial charge is 0.338 e. The van der Waals surface area contributed by atoms with E-state index in [1.54, 1.807) is 0 Å². The van der Waals surface area contributed by atoms with E-state index in [0.717, 1.165) is 17.8 Å². The SMILES string of the molecule is CCCCCCCCCCCCNc1cccc(C(=O)OC(C)(C)C)c1C. The predicted molar refractivity (Wildman–Crippen MR) is 117 cm³/mol. The van der Waals surface area contributed by atoms with Crippen molar-refractivity contribution in [3.05, 3.63) is 29.3 Å². The number of carbonyl (C=O) groups excluding carboxylic acids is 1. The lowest BCUT2D eigenvalue weighted by atomic mass is 10.1. The van der Waals surface area contributed by atoms with Gasteiger partial charge < -0.3 is 10.1 Å². The van der Waals surface area contributed by atoms with Crippen molar-refractivity contribution in [1.29, 1.82) is 0 Å². The number of hydrogen-bond acceptors (Lipinski definition) is 3. The van der Waals surface area contributed by atoms with Crippen LogP contribution in [0, 0.1) is 6.92 Å². The second-order valence-corrected chi connectivity index (χ2v) is 8.59. The fourth-order valence-electron chi connectivity index (χ4n) is 3.22. The largest absolute Gasteiger partial charge is 0.456 e.